The molecule has 1 unspecified atom stereocenters. The van der Waals surface area contributed by atoms with E-state index in [0.717, 1.165) is 0 Å². The minimum Gasteiger partial charge on any atom is -0.447 e. The average molecular weight is 310 g/mol. The predicted molar refractivity (Wildman–Crippen MR) is 76.8 cm³/mol. The Balaban J connectivity index is 1.58. The standard InChI is InChI=1S/C14H18N2O4S/c17-14-16-7-6-15(10-12(16)11-20-14)8-9-21(18,19)13-4-2-1-3-5-13/h1-5,12H,6-11H2. The quantitative estimate of drug-likeness (QED) is 0.814. The lowest BCUT2D eigenvalue weighted by Crippen LogP contribution is -2.52. The molecule has 0 bridgehead atoms. The summed E-state index contributed by atoms with van der Waals surface area (Å²) >= 11 is 0. The topological polar surface area (TPSA) is 66.9 Å². The molecule has 0 saturated carbocycles. The third-order valence-corrected chi connectivity index (χ3v) is 5.69. The minimum atomic E-state index is -3.25. The highest BCUT2D eigenvalue weighted by Gasteiger charge is 2.37. The van der Waals surface area contributed by atoms with Crippen LogP contribution in [0.15, 0.2) is 35.2 Å². The van der Waals surface area contributed by atoms with Gasteiger partial charge in [-0.05, 0) is 12.1 Å². The van der Waals surface area contributed by atoms with Crippen molar-refractivity contribution in [2.75, 3.05) is 38.5 Å². The van der Waals surface area contributed by atoms with Crippen molar-refractivity contribution in [1.29, 1.82) is 0 Å². The largest absolute Gasteiger partial charge is 0.447 e. The highest BCUT2D eigenvalue weighted by molar-refractivity contribution is 7.91. The van der Waals surface area contributed by atoms with Crippen molar-refractivity contribution in [1.82, 2.24) is 9.80 Å². The molecule has 2 heterocycles. The third kappa shape index (κ3) is 3.03. The summed E-state index contributed by atoms with van der Waals surface area (Å²) in [6.45, 7) is 2.86. The number of nitrogens with zero attached hydrogens (tertiary/aromatic N) is 2. The summed E-state index contributed by atoms with van der Waals surface area (Å²) < 4.78 is 29.5. The van der Waals surface area contributed by atoms with Gasteiger partial charge in [0.1, 0.15) is 6.61 Å². The molecule has 0 aliphatic carbocycles. The summed E-state index contributed by atoms with van der Waals surface area (Å²) in [7, 11) is -3.25. The summed E-state index contributed by atoms with van der Waals surface area (Å²) in [4.78, 5) is 15.6. The van der Waals surface area contributed by atoms with Crippen molar-refractivity contribution >= 4 is 15.9 Å². The van der Waals surface area contributed by atoms with Crippen LogP contribution < -0.4 is 0 Å². The Bertz CT molecular complexity index is 617. The first-order valence-electron chi connectivity index (χ1n) is 7.00. The van der Waals surface area contributed by atoms with Gasteiger partial charge in [0, 0.05) is 26.2 Å². The third-order valence-electron chi connectivity index (χ3n) is 3.98. The lowest BCUT2D eigenvalue weighted by Gasteiger charge is -2.35. The second-order valence-electron chi connectivity index (χ2n) is 5.36. The van der Waals surface area contributed by atoms with Gasteiger partial charge < -0.3 is 4.74 Å². The molecule has 0 aromatic heterocycles. The Hall–Kier alpha value is -1.60. The minimum absolute atomic E-state index is 0.0608. The lowest BCUT2D eigenvalue weighted by molar-refractivity contribution is 0.123. The van der Waals surface area contributed by atoms with Gasteiger partial charge in [0.05, 0.1) is 16.7 Å². The summed E-state index contributed by atoms with van der Waals surface area (Å²) in [5, 5.41) is 0. The summed E-state index contributed by atoms with van der Waals surface area (Å²) in [5.41, 5.74) is 0. The number of cyclic esters (lactones) is 1. The number of hydrogen-bond donors (Lipinski definition) is 0. The van der Waals surface area contributed by atoms with Crippen molar-refractivity contribution in [2.24, 2.45) is 0 Å². The van der Waals surface area contributed by atoms with Gasteiger partial charge in [-0.25, -0.2) is 13.2 Å². The zero-order valence-electron chi connectivity index (χ0n) is 11.6. The fraction of sp³-hybridized carbons (Fsp3) is 0.500. The number of amides is 1. The Morgan fingerprint density at radius 2 is 1.95 bits per heavy atom. The van der Waals surface area contributed by atoms with Gasteiger partial charge in [0.2, 0.25) is 0 Å². The number of hydrogen-bond acceptors (Lipinski definition) is 5. The van der Waals surface area contributed by atoms with E-state index in [1.807, 2.05) is 0 Å². The maximum Gasteiger partial charge on any atom is 0.410 e. The second kappa shape index (κ2) is 5.65. The molecule has 21 heavy (non-hydrogen) atoms. The SMILES string of the molecule is O=C1OCC2CN(CCS(=O)(=O)c3ccccc3)CCN12. The Morgan fingerprint density at radius 1 is 1.19 bits per heavy atom. The van der Waals surface area contributed by atoms with Crippen LogP contribution in [0, 0.1) is 0 Å². The molecule has 1 amide bonds. The molecule has 2 fully saturated rings. The molecular weight excluding hydrogens is 292 g/mol. The molecular formula is C14H18N2O4S. The van der Waals surface area contributed by atoms with E-state index in [1.165, 1.54) is 0 Å². The molecule has 3 rings (SSSR count). The Kier molecular flexibility index (Phi) is 3.86. The van der Waals surface area contributed by atoms with Crippen molar-refractivity contribution in [3.8, 4) is 0 Å². The van der Waals surface area contributed by atoms with Crippen LogP contribution in [0.4, 0.5) is 4.79 Å². The van der Waals surface area contributed by atoms with Crippen molar-refractivity contribution in [3.63, 3.8) is 0 Å². The fourth-order valence-corrected chi connectivity index (χ4v) is 4.06. The van der Waals surface area contributed by atoms with Gasteiger partial charge >= 0.3 is 6.09 Å². The van der Waals surface area contributed by atoms with Crippen molar-refractivity contribution < 1.29 is 17.9 Å². The molecule has 6 nitrogen and oxygen atoms in total. The zero-order valence-corrected chi connectivity index (χ0v) is 12.5. The van der Waals surface area contributed by atoms with Crippen LogP contribution in [0.25, 0.3) is 0 Å². The fourth-order valence-electron chi connectivity index (χ4n) is 2.75. The lowest BCUT2D eigenvalue weighted by atomic mass is 10.2. The summed E-state index contributed by atoms with van der Waals surface area (Å²) in [6.07, 6.45) is -0.253. The first-order chi connectivity index (χ1) is 10.1. The normalized spacial score (nSPS) is 23.0. The maximum atomic E-state index is 12.2. The number of piperazine rings is 1. The highest BCUT2D eigenvalue weighted by Crippen LogP contribution is 2.18. The van der Waals surface area contributed by atoms with Crippen LogP contribution in [0.5, 0.6) is 0 Å². The number of fused-ring (bicyclic) bond motifs is 1. The Labute approximate surface area is 124 Å². The molecule has 2 aliphatic heterocycles. The molecule has 0 N–H and O–H groups in total. The number of ether oxygens (including phenoxy) is 1. The van der Waals surface area contributed by atoms with Gasteiger partial charge in [0.15, 0.2) is 9.84 Å². The van der Waals surface area contributed by atoms with E-state index in [-0.39, 0.29) is 17.9 Å². The highest BCUT2D eigenvalue weighted by atomic mass is 32.2. The average Bonchev–Trinajstić information content (AvgIpc) is 2.87. The van der Waals surface area contributed by atoms with Crippen LogP contribution in [-0.4, -0.2) is 68.9 Å². The molecule has 1 atom stereocenters. The monoisotopic (exact) mass is 310 g/mol. The van der Waals surface area contributed by atoms with Crippen molar-refractivity contribution in [2.45, 2.75) is 10.9 Å². The first kappa shape index (κ1) is 14.3. The Morgan fingerprint density at radius 3 is 2.71 bits per heavy atom. The zero-order chi connectivity index (χ0) is 14.9. The van der Waals surface area contributed by atoms with Crippen LogP contribution in [0.2, 0.25) is 0 Å². The predicted octanol–water partition coefficient (Wildman–Crippen LogP) is 0.597. The van der Waals surface area contributed by atoms with E-state index >= 15 is 0 Å². The molecule has 1 aromatic carbocycles. The molecule has 114 valence electrons. The number of sulfone groups is 1. The van der Waals surface area contributed by atoms with Gasteiger partial charge in [-0.2, -0.15) is 0 Å². The van der Waals surface area contributed by atoms with E-state index in [4.69, 9.17) is 4.74 Å². The number of rotatable bonds is 4. The smallest absolute Gasteiger partial charge is 0.410 e. The van der Waals surface area contributed by atoms with Crippen LogP contribution >= 0.6 is 0 Å². The van der Waals surface area contributed by atoms with Gasteiger partial charge in [-0.15, -0.1) is 0 Å². The maximum absolute atomic E-state index is 12.2. The van der Waals surface area contributed by atoms with Gasteiger partial charge in [-0.3, -0.25) is 9.80 Å². The first-order valence-corrected chi connectivity index (χ1v) is 8.65. The molecule has 0 spiro atoms. The van der Waals surface area contributed by atoms with E-state index in [2.05, 4.69) is 4.90 Å². The molecule has 1 aromatic rings. The van der Waals surface area contributed by atoms with Crippen LogP contribution in [-0.2, 0) is 14.6 Å². The van der Waals surface area contributed by atoms with Crippen LogP contribution in [0.1, 0.15) is 0 Å². The molecule has 2 aliphatic rings. The van der Waals surface area contributed by atoms with Crippen molar-refractivity contribution in [3.05, 3.63) is 30.3 Å². The van der Waals surface area contributed by atoms with E-state index in [1.54, 1.807) is 35.2 Å². The van der Waals surface area contributed by atoms with Crippen LogP contribution in [0.3, 0.4) is 0 Å². The second-order valence-corrected chi connectivity index (χ2v) is 7.47. The number of benzene rings is 1. The number of carbonyl (C=O) groups excluding carboxylic acids is 1. The molecule has 2 saturated heterocycles. The van der Waals surface area contributed by atoms with E-state index in [0.29, 0.717) is 37.7 Å². The molecule has 7 heteroatoms. The van der Waals surface area contributed by atoms with E-state index < -0.39 is 9.84 Å². The summed E-state index contributed by atoms with van der Waals surface area (Å²) in [6, 6.07) is 8.56. The summed E-state index contributed by atoms with van der Waals surface area (Å²) in [5.74, 6) is 0.0958. The molecule has 0 radical (unpaired) electrons. The number of carbonyl (C=O) groups is 1. The van der Waals surface area contributed by atoms with Gasteiger partial charge in [0.25, 0.3) is 0 Å². The van der Waals surface area contributed by atoms with E-state index in [9.17, 15) is 13.2 Å². The van der Waals surface area contributed by atoms with Gasteiger partial charge in [-0.1, -0.05) is 18.2 Å².